The Morgan fingerprint density at radius 2 is 1.90 bits per heavy atom. The third-order valence-corrected chi connectivity index (χ3v) is 4.11. The number of fused-ring (bicyclic) bond motifs is 1. The molecule has 3 aromatic rings. The molecule has 3 rings (SSSR count). The smallest absolute Gasteiger partial charge is 0.267 e. The summed E-state index contributed by atoms with van der Waals surface area (Å²) in [5.74, 6) is -0.646. The summed E-state index contributed by atoms with van der Waals surface area (Å²) >= 11 is 1.26. The van der Waals surface area contributed by atoms with E-state index in [9.17, 15) is 9.18 Å². The summed E-state index contributed by atoms with van der Waals surface area (Å²) in [6.07, 6.45) is 0. The van der Waals surface area contributed by atoms with Crippen molar-refractivity contribution < 1.29 is 9.18 Å². The lowest BCUT2D eigenvalue weighted by atomic mass is 10.2. The van der Waals surface area contributed by atoms with E-state index in [0.29, 0.717) is 21.6 Å². The Bertz CT molecular complexity index is 783. The molecule has 1 heterocycles. The number of hydrogen-bond donors (Lipinski definition) is 2. The number of benzene rings is 2. The Morgan fingerprint density at radius 1 is 1.15 bits per heavy atom. The molecule has 3 nitrogen and oxygen atoms in total. The number of nitrogen functional groups attached to an aromatic ring is 1. The number of hydrogen-bond acceptors (Lipinski definition) is 3. The molecule has 0 radical (unpaired) electrons. The van der Waals surface area contributed by atoms with E-state index >= 15 is 0 Å². The quantitative estimate of drug-likeness (QED) is 0.751. The molecular formula is C15H11FN2OS. The van der Waals surface area contributed by atoms with Crippen molar-refractivity contribution in [2.24, 2.45) is 0 Å². The second-order valence-electron chi connectivity index (χ2n) is 4.31. The van der Waals surface area contributed by atoms with Crippen molar-refractivity contribution >= 4 is 38.7 Å². The Balaban J connectivity index is 1.98. The van der Waals surface area contributed by atoms with E-state index in [-0.39, 0.29) is 11.7 Å². The van der Waals surface area contributed by atoms with Gasteiger partial charge in [0.2, 0.25) is 0 Å². The van der Waals surface area contributed by atoms with Crippen molar-refractivity contribution in [3.05, 3.63) is 59.2 Å². The van der Waals surface area contributed by atoms with Gasteiger partial charge in [-0.25, -0.2) is 4.39 Å². The van der Waals surface area contributed by atoms with Gasteiger partial charge in [0.1, 0.15) is 10.7 Å². The molecule has 0 fully saturated rings. The predicted molar refractivity (Wildman–Crippen MR) is 80.6 cm³/mol. The van der Waals surface area contributed by atoms with Crippen LogP contribution in [0.4, 0.5) is 15.8 Å². The summed E-state index contributed by atoms with van der Waals surface area (Å²) in [6.45, 7) is 0. The van der Waals surface area contributed by atoms with Crippen LogP contribution >= 0.6 is 11.3 Å². The first-order chi connectivity index (χ1) is 9.65. The highest BCUT2D eigenvalue weighted by Crippen LogP contribution is 2.34. The maximum Gasteiger partial charge on any atom is 0.267 e. The molecule has 0 aliphatic carbocycles. The molecule has 0 spiro atoms. The first kappa shape index (κ1) is 12.6. The van der Waals surface area contributed by atoms with Gasteiger partial charge in [0.25, 0.3) is 5.91 Å². The maximum atomic E-state index is 13.2. The fraction of sp³-hybridized carbons (Fsp3) is 0. The minimum Gasteiger partial charge on any atom is -0.397 e. The Labute approximate surface area is 118 Å². The van der Waals surface area contributed by atoms with Crippen LogP contribution in [0.3, 0.4) is 0 Å². The number of anilines is 2. The van der Waals surface area contributed by atoms with Crippen LogP contribution in [0.2, 0.25) is 0 Å². The summed E-state index contributed by atoms with van der Waals surface area (Å²) < 4.78 is 14.0. The third-order valence-electron chi connectivity index (χ3n) is 2.93. The number of carbonyl (C=O) groups is 1. The second kappa shape index (κ2) is 4.94. The van der Waals surface area contributed by atoms with Gasteiger partial charge in [0.15, 0.2) is 0 Å². The van der Waals surface area contributed by atoms with Crippen LogP contribution in [-0.2, 0) is 0 Å². The second-order valence-corrected chi connectivity index (χ2v) is 5.36. The lowest BCUT2D eigenvalue weighted by Gasteiger charge is -2.03. The number of amides is 1. The molecule has 5 heteroatoms. The van der Waals surface area contributed by atoms with Gasteiger partial charge in [-0.05, 0) is 30.3 Å². The Morgan fingerprint density at radius 3 is 2.65 bits per heavy atom. The molecule has 0 saturated carbocycles. The number of nitrogens with one attached hydrogen (secondary N) is 1. The molecule has 2 aromatic carbocycles. The van der Waals surface area contributed by atoms with Crippen molar-refractivity contribution in [1.82, 2.24) is 0 Å². The highest BCUT2D eigenvalue weighted by Gasteiger charge is 2.16. The summed E-state index contributed by atoms with van der Waals surface area (Å²) in [7, 11) is 0. The van der Waals surface area contributed by atoms with Gasteiger partial charge >= 0.3 is 0 Å². The Kier molecular flexibility index (Phi) is 3.12. The average molecular weight is 286 g/mol. The average Bonchev–Trinajstić information content (AvgIpc) is 2.77. The largest absolute Gasteiger partial charge is 0.397 e. The molecule has 3 N–H and O–H groups in total. The zero-order valence-corrected chi connectivity index (χ0v) is 11.2. The van der Waals surface area contributed by atoms with Crippen molar-refractivity contribution in [2.75, 3.05) is 11.1 Å². The van der Waals surface area contributed by atoms with Crippen LogP contribution in [0.5, 0.6) is 0 Å². The summed E-state index contributed by atoms with van der Waals surface area (Å²) in [5, 5.41) is 3.35. The van der Waals surface area contributed by atoms with Crippen molar-refractivity contribution in [1.29, 1.82) is 0 Å². The van der Waals surface area contributed by atoms with Gasteiger partial charge < -0.3 is 11.1 Å². The van der Waals surface area contributed by atoms with Crippen molar-refractivity contribution in [3.8, 4) is 0 Å². The van der Waals surface area contributed by atoms with Crippen LogP contribution in [-0.4, -0.2) is 5.91 Å². The van der Waals surface area contributed by atoms with Gasteiger partial charge in [-0.1, -0.05) is 18.2 Å². The molecule has 0 saturated heterocycles. The lowest BCUT2D eigenvalue weighted by molar-refractivity contribution is 0.103. The maximum absolute atomic E-state index is 13.2. The summed E-state index contributed by atoms with van der Waals surface area (Å²) in [6, 6.07) is 13.5. The molecule has 0 atom stereocenters. The topological polar surface area (TPSA) is 55.1 Å². The fourth-order valence-corrected chi connectivity index (χ4v) is 2.97. The molecule has 0 unspecified atom stereocenters. The van der Waals surface area contributed by atoms with Crippen LogP contribution in [0.1, 0.15) is 9.67 Å². The molecule has 20 heavy (non-hydrogen) atoms. The standard InChI is InChI=1S/C15H11FN2OS/c16-9-6-7-12-11(8-9)13(17)14(20-12)15(19)18-10-4-2-1-3-5-10/h1-8H,17H2,(H,18,19). The number of halogens is 1. The molecule has 0 aliphatic rings. The molecular weight excluding hydrogens is 275 g/mol. The van der Waals surface area contributed by atoms with E-state index in [2.05, 4.69) is 5.32 Å². The van der Waals surface area contributed by atoms with E-state index in [0.717, 1.165) is 4.70 Å². The number of carbonyl (C=O) groups excluding carboxylic acids is 1. The first-order valence-corrected chi connectivity index (χ1v) is 6.81. The zero-order chi connectivity index (χ0) is 14.1. The van der Waals surface area contributed by atoms with Crippen LogP contribution < -0.4 is 11.1 Å². The molecule has 100 valence electrons. The molecule has 1 aromatic heterocycles. The predicted octanol–water partition coefficient (Wildman–Crippen LogP) is 3.87. The van der Waals surface area contributed by atoms with Gasteiger partial charge in [-0.3, -0.25) is 4.79 Å². The van der Waals surface area contributed by atoms with Gasteiger partial charge in [-0.2, -0.15) is 0 Å². The SMILES string of the molecule is Nc1c(C(=O)Nc2ccccc2)sc2ccc(F)cc12. The van der Waals surface area contributed by atoms with Crippen LogP contribution in [0.15, 0.2) is 48.5 Å². The van der Waals surface area contributed by atoms with Gasteiger partial charge in [0, 0.05) is 15.8 Å². The minimum atomic E-state index is -0.364. The van der Waals surface area contributed by atoms with E-state index in [1.165, 1.54) is 23.5 Å². The third kappa shape index (κ3) is 2.23. The fourth-order valence-electron chi connectivity index (χ4n) is 1.97. The van der Waals surface area contributed by atoms with Crippen molar-refractivity contribution in [3.63, 3.8) is 0 Å². The van der Waals surface area contributed by atoms with Crippen LogP contribution in [0, 0.1) is 5.82 Å². The van der Waals surface area contributed by atoms with E-state index in [4.69, 9.17) is 5.73 Å². The van der Waals surface area contributed by atoms with E-state index in [1.54, 1.807) is 18.2 Å². The Hall–Kier alpha value is -2.40. The summed E-state index contributed by atoms with van der Waals surface area (Å²) in [4.78, 5) is 12.6. The van der Waals surface area contributed by atoms with Crippen LogP contribution in [0.25, 0.3) is 10.1 Å². The van der Waals surface area contributed by atoms with E-state index < -0.39 is 0 Å². The van der Waals surface area contributed by atoms with Gasteiger partial charge in [0.05, 0.1) is 5.69 Å². The van der Waals surface area contributed by atoms with E-state index in [1.807, 2.05) is 18.2 Å². The molecule has 0 bridgehead atoms. The number of thiophene rings is 1. The normalized spacial score (nSPS) is 10.7. The number of rotatable bonds is 2. The highest BCUT2D eigenvalue weighted by atomic mass is 32.1. The number of nitrogens with two attached hydrogens (primary N) is 1. The molecule has 1 amide bonds. The zero-order valence-electron chi connectivity index (χ0n) is 10.4. The molecule has 0 aliphatic heterocycles. The van der Waals surface area contributed by atoms with Gasteiger partial charge in [-0.15, -0.1) is 11.3 Å². The minimum absolute atomic E-state index is 0.282. The lowest BCUT2D eigenvalue weighted by Crippen LogP contribution is -2.11. The summed E-state index contributed by atoms with van der Waals surface area (Å²) in [5.41, 5.74) is 6.96. The monoisotopic (exact) mass is 286 g/mol. The number of para-hydroxylation sites is 1. The first-order valence-electron chi connectivity index (χ1n) is 5.99. The van der Waals surface area contributed by atoms with Crippen molar-refractivity contribution in [2.45, 2.75) is 0 Å². The highest BCUT2D eigenvalue weighted by molar-refractivity contribution is 7.21.